The molecule has 0 aliphatic heterocycles. The number of aromatic nitrogens is 4. The van der Waals surface area contributed by atoms with E-state index in [1.807, 2.05) is 31.4 Å². The van der Waals surface area contributed by atoms with E-state index in [1.165, 1.54) is 5.46 Å². The number of fused-ring (bicyclic) bond motifs is 1. The molecular weight excluding hydrogens is 211 g/mol. The molecule has 0 aliphatic rings. The van der Waals surface area contributed by atoms with Crippen LogP contribution in [0.5, 0.6) is 0 Å². The summed E-state index contributed by atoms with van der Waals surface area (Å²) < 4.78 is 1.76. The summed E-state index contributed by atoms with van der Waals surface area (Å²) in [6.07, 6.45) is 5.52. The first kappa shape index (κ1) is 10.0. The minimum Gasteiger partial charge on any atom is -0.275 e. The van der Waals surface area contributed by atoms with Crippen molar-refractivity contribution in [2.24, 2.45) is 7.05 Å². The summed E-state index contributed by atoms with van der Waals surface area (Å²) >= 11 is 0. The van der Waals surface area contributed by atoms with Crippen molar-refractivity contribution >= 4 is 24.3 Å². The van der Waals surface area contributed by atoms with Crippen molar-refractivity contribution < 1.29 is 0 Å². The summed E-state index contributed by atoms with van der Waals surface area (Å²) in [5.74, 6) is 0. The molecule has 2 aromatic heterocycles. The first-order valence-electron chi connectivity index (χ1n) is 5.45. The van der Waals surface area contributed by atoms with Crippen molar-refractivity contribution in [3.8, 4) is 11.3 Å². The predicted molar refractivity (Wildman–Crippen MR) is 69.9 cm³/mol. The third-order valence-electron chi connectivity index (χ3n) is 2.70. The zero-order valence-corrected chi connectivity index (χ0v) is 9.75. The van der Waals surface area contributed by atoms with Gasteiger partial charge in [-0.3, -0.25) is 9.67 Å². The van der Waals surface area contributed by atoms with E-state index in [4.69, 9.17) is 0 Å². The second-order valence-electron chi connectivity index (χ2n) is 4.15. The van der Waals surface area contributed by atoms with Crippen LogP contribution in [0.25, 0.3) is 22.3 Å². The highest BCUT2D eigenvalue weighted by Gasteiger charge is 2.04. The van der Waals surface area contributed by atoms with Gasteiger partial charge >= 0.3 is 0 Å². The summed E-state index contributed by atoms with van der Waals surface area (Å²) in [5, 5.41) is 4.14. The van der Waals surface area contributed by atoms with E-state index in [0.717, 1.165) is 22.3 Å². The summed E-state index contributed by atoms with van der Waals surface area (Å²) in [7, 11) is 3.94. The van der Waals surface area contributed by atoms with Crippen molar-refractivity contribution in [3.63, 3.8) is 0 Å². The molecule has 82 valence electrons. The lowest BCUT2D eigenvalue weighted by molar-refractivity contribution is 0.768. The van der Waals surface area contributed by atoms with Crippen LogP contribution in [-0.4, -0.2) is 27.6 Å². The molecule has 0 radical (unpaired) electrons. The normalized spacial score (nSPS) is 10.9. The van der Waals surface area contributed by atoms with Gasteiger partial charge < -0.3 is 0 Å². The maximum atomic E-state index is 4.60. The molecule has 5 heteroatoms. The second kappa shape index (κ2) is 3.70. The molecule has 0 saturated heterocycles. The van der Waals surface area contributed by atoms with Crippen LogP contribution >= 0.6 is 0 Å². The predicted octanol–water partition coefficient (Wildman–Crippen LogP) is 0.289. The SMILES string of the molecule is Bc1ccc2ncc(-c3cnn(C)c3)nc2c1. The van der Waals surface area contributed by atoms with E-state index >= 15 is 0 Å². The molecule has 0 fully saturated rings. The molecule has 3 aromatic rings. The molecule has 0 amide bonds. The van der Waals surface area contributed by atoms with Gasteiger partial charge in [0.05, 0.1) is 29.1 Å². The van der Waals surface area contributed by atoms with Crippen molar-refractivity contribution in [1.82, 2.24) is 19.7 Å². The van der Waals surface area contributed by atoms with Crippen molar-refractivity contribution in [3.05, 3.63) is 36.8 Å². The van der Waals surface area contributed by atoms with E-state index in [-0.39, 0.29) is 0 Å². The molecule has 0 atom stereocenters. The lowest BCUT2D eigenvalue weighted by atomic mass is 9.96. The minimum atomic E-state index is 0.858. The van der Waals surface area contributed by atoms with Crippen LogP contribution in [0.1, 0.15) is 0 Å². The fourth-order valence-electron chi connectivity index (χ4n) is 1.81. The molecule has 0 unspecified atom stereocenters. The molecule has 0 aliphatic carbocycles. The van der Waals surface area contributed by atoms with Gasteiger partial charge in [-0.05, 0) is 12.1 Å². The monoisotopic (exact) mass is 222 g/mol. The number of hydrogen-bond donors (Lipinski definition) is 0. The van der Waals surface area contributed by atoms with Gasteiger partial charge in [0, 0.05) is 18.8 Å². The number of rotatable bonds is 1. The van der Waals surface area contributed by atoms with Crippen LogP contribution < -0.4 is 5.46 Å². The Bertz CT molecular complexity index is 690. The maximum absolute atomic E-state index is 4.60. The average molecular weight is 222 g/mol. The van der Waals surface area contributed by atoms with Gasteiger partial charge in [0.2, 0.25) is 0 Å². The molecule has 0 spiro atoms. The fraction of sp³-hybridized carbons (Fsp3) is 0.0833. The van der Waals surface area contributed by atoms with E-state index < -0.39 is 0 Å². The highest BCUT2D eigenvalue weighted by atomic mass is 15.2. The Morgan fingerprint density at radius 2 is 2.06 bits per heavy atom. The maximum Gasteiger partial charge on any atom is 0.139 e. The summed E-state index contributed by atoms with van der Waals surface area (Å²) in [5.41, 5.74) is 4.88. The van der Waals surface area contributed by atoms with Gasteiger partial charge in [-0.25, -0.2) is 4.98 Å². The first-order chi connectivity index (χ1) is 8.22. The van der Waals surface area contributed by atoms with Crippen molar-refractivity contribution in [2.75, 3.05) is 0 Å². The summed E-state index contributed by atoms with van der Waals surface area (Å²) in [6.45, 7) is 0. The van der Waals surface area contributed by atoms with Gasteiger partial charge in [-0.15, -0.1) is 0 Å². The van der Waals surface area contributed by atoms with Crippen LogP contribution in [0.2, 0.25) is 0 Å². The number of nitrogens with zero attached hydrogens (tertiary/aromatic N) is 4. The molecule has 1 aromatic carbocycles. The van der Waals surface area contributed by atoms with Crippen LogP contribution in [0.3, 0.4) is 0 Å². The Hall–Kier alpha value is -2.17. The Morgan fingerprint density at radius 1 is 1.18 bits per heavy atom. The molecule has 0 saturated carbocycles. The van der Waals surface area contributed by atoms with Gasteiger partial charge in [-0.1, -0.05) is 11.5 Å². The van der Waals surface area contributed by atoms with Gasteiger partial charge in [0.1, 0.15) is 7.85 Å². The highest BCUT2D eigenvalue weighted by Crippen LogP contribution is 2.17. The molecule has 17 heavy (non-hydrogen) atoms. The Morgan fingerprint density at radius 3 is 2.82 bits per heavy atom. The van der Waals surface area contributed by atoms with Gasteiger partial charge in [0.15, 0.2) is 0 Å². The van der Waals surface area contributed by atoms with E-state index in [9.17, 15) is 0 Å². The lowest BCUT2D eigenvalue weighted by Crippen LogP contribution is -2.01. The largest absolute Gasteiger partial charge is 0.275 e. The third-order valence-corrected chi connectivity index (χ3v) is 2.70. The van der Waals surface area contributed by atoms with E-state index in [1.54, 1.807) is 17.1 Å². The average Bonchev–Trinajstić information content (AvgIpc) is 2.75. The van der Waals surface area contributed by atoms with Crippen molar-refractivity contribution in [2.45, 2.75) is 0 Å². The molecule has 0 N–H and O–H groups in total. The Balaban J connectivity index is 2.18. The zero-order valence-electron chi connectivity index (χ0n) is 9.75. The zero-order chi connectivity index (χ0) is 11.8. The standard InChI is InChI=1S/C12H11BN4/c1-17-7-8(5-15-17)12-6-14-10-3-2-9(13)4-11(10)16-12/h2-7H,13H2,1H3. The van der Waals surface area contributed by atoms with Crippen LogP contribution in [0, 0.1) is 0 Å². The quantitative estimate of drug-likeness (QED) is 0.556. The summed E-state index contributed by atoms with van der Waals surface area (Å²) in [4.78, 5) is 9.01. The number of aryl methyl sites for hydroxylation is 1. The Kier molecular flexibility index (Phi) is 2.18. The van der Waals surface area contributed by atoms with Crippen molar-refractivity contribution in [1.29, 1.82) is 0 Å². The van der Waals surface area contributed by atoms with E-state index in [2.05, 4.69) is 22.9 Å². The van der Waals surface area contributed by atoms with E-state index in [0.29, 0.717) is 0 Å². The summed E-state index contributed by atoms with van der Waals surface area (Å²) in [6, 6.07) is 6.08. The molecular formula is C12H11BN4. The lowest BCUT2D eigenvalue weighted by Gasteiger charge is -2.01. The second-order valence-corrected chi connectivity index (χ2v) is 4.15. The van der Waals surface area contributed by atoms with Crippen LogP contribution in [-0.2, 0) is 7.05 Å². The minimum absolute atomic E-state index is 0.858. The molecule has 3 rings (SSSR count). The number of hydrogen-bond acceptors (Lipinski definition) is 3. The van der Waals surface area contributed by atoms with Crippen LogP contribution in [0.4, 0.5) is 0 Å². The number of benzene rings is 1. The van der Waals surface area contributed by atoms with Crippen LogP contribution in [0.15, 0.2) is 36.8 Å². The van der Waals surface area contributed by atoms with Gasteiger partial charge in [0.25, 0.3) is 0 Å². The Labute approximate surface area is 99.7 Å². The van der Waals surface area contributed by atoms with Gasteiger partial charge in [-0.2, -0.15) is 5.10 Å². The molecule has 2 heterocycles. The molecule has 4 nitrogen and oxygen atoms in total. The smallest absolute Gasteiger partial charge is 0.139 e. The third kappa shape index (κ3) is 1.80. The first-order valence-corrected chi connectivity index (χ1v) is 5.45. The topological polar surface area (TPSA) is 43.6 Å². The fourth-order valence-corrected chi connectivity index (χ4v) is 1.81. The highest BCUT2D eigenvalue weighted by molar-refractivity contribution is 6.33. The molecule has 0 bridgehead atoms.